The van der Waals surface area contributed by atoms with E-state index >= 15 is 0 Å². The van der Waals surface area contributed by atoms with Crippen molar-refractivity contribution in [1.29, 1.82) is 0 Å². The lowest BCUT2D eigenvalue weighted by Crippen LogP contribution is -2.52. The molecule has 4 fully saturated rings. The van der Waals surface area contributed by atoms with Crippen molar-refractivity contribution in [3.63, 3.8) is 0 Å². The van der Waals surface area contributed by atoms with Crippen LogP contribution in [0.25, 0.3) is 0 Å². The Bertz CT molecular complexity index is 823. The summed E-state index contributed by atoms with van der Waals surface area (Å²) in [6, 6.07) is 18.9. The predicted octanol–water partition coefficient (Wildman–Crippen LogP) is 5.78. The van der Waals surface area contributed by atoms with Crippen molar-refractivity contribution in [2.24, 2.45) is 17.8 Å². The monoisotopic (exact) mass is 398 g/mol. The topological polar surface area (TPSA) is 59.6 Å². The van der Waals surface area contributed by atoms with E-state index < -0.39 is 7.75 Å². The van der Waals surface area contributed by atoms with Crippen LogP contribution in [0.2, 0.25) is 0 Å². The van der Waals surface area contributed by atoms with Crippen LogP contribution in [0.1, 0.15) is 38.5 Å². The molecule has 0 radical (unpaired) electrons. The maximum Gasteiger partial charge on any atom is 0.476 e. The van der Waals surface area contributed by atoms with Crippen molar-refractivity contribution in [2.75, 3.05) is 5.43 Å². The Morgan fingerprint density at radius 2 is 1.36 bits per heavy atom. The zero-order valence-corrected chi connectivity index (χ0v) is 16.8. The fourth-order valence-electron chi connectivity index (χ4n) is 5.74. The van der Waals surface area contributed by atoms with Crippen LogP contribution in [0.3, 0.4) is 0 Å². The molecule has 4 bridgehead atoms. The van der Waals surface area contributed by atoms with Gasteiger partial charge in [0.05, 0.1) is 5.60 Å². The summed E-state index contributed by atoms with van der Waals surface area (Å²) in [6.45, 7) is 0. The van der Waals surface area contributed by atoms with Gasteiger partial charge in [-0.2, -0.15) is 0 Å². The van der Waals surface area contributed by atoms with Crippen LogP contribution in [0, 0.1) is 17.8 Å². The second-order valence-corrected chi connectivity index (χ2v) is 10.3. The van der Waals surface area contributed by atoms with Gasteiger partial charge in [0.2, 0.25) is 0 Å². The molecule has 0 unspecified atom stereocenters. The standard InChI is InChI=1S/C22H27N2O3P/c25-28(26-21-9-5-2-6-10-21,24-23-20-7-3-1-4-8-20)27-22-14-17-11-18(15-22)13-19(12-17)16-22/h1-10,17-19,23H,11-16H2,(H,24,25)/t17?,18?,19?,22?,28-/m1/s1. The highest BCUT2D eigenvalue weighted by molar-refractivity contribution is 7.52. The molecule has 6 heteroatoms. The molecule has 4 saturated carbocycles. The molecule has 2 N–H and O–H groups in total. The van der Waals surface area contributed by atoms with E-state index in [0.717, 1.165) is 24.9 Å². The lowest BCUT2D eigenvalue weighted by atomic mass is 9.54. The molecule has 6 rings (SSSR count). The lowest BCUT2D eigenvalue weighted by molar-refractivity contribution is -0.111. The van der Waals surface area contributed by atoms with Crippen LogP contribution >= 0.6 is 7.75 Å². The van der Waals surface area contributed by atoms with Crippen molar-refractivity contribution in [3.8, 4) is 5.75 Å². The Kier molecular flexibility index (Phi) is 4.70. The lowest BCUT2D eigenvalue weighted by Gasteiger charge is -2.56. The minimum Gasteiger partial charge on any atom is -0.412 e. The summed E-state index contributed by atoms with van der Waals surface area (Å²) in [7, 11) is -3.62. The number of benzene rings is 2. The maximum absolute atomic E-state index is 13.8. The summed E-state index contributed by atoms with van der Waals surface area (Å²) in [4.78, 5) is 0. The highest BCUT2D eigenvalue weighted by Gasteiger charge is 2.55. The minimum absolute atomic E-state index is 0.329. The summed E-state index contributed by atoms with van der Waals surface area (Å²) in [5.74, 6) is 2.66. The van der Waals surface area contributed by atoms with E-state index in [-0.39, 0.29) is 5.60 Å². The Morgan fingerprint density at radius 1 is 0.821 bits per heavy atom. The molecule has 1 atom stereocenters. The molecule has 0 heterocycles. The molecule has 0 aromatic heterocycles. The van der Waals surface area contributed by atoms with Crippen LogP contribution in [0.15, 0.2) is 60.7 Å². The first-order chi connectivity index (χ1) is 13.6. The van der Waals surface area contributed by atoms with E-state index in [0.29, 0.717) is 23.5 Å². The summed E-state index contributed by atoms with van der Waals surface area (Å²) >= 11 is 0. The van der Waals surface area contributed by atoms with Crippen LogP contribution in [-0.2, 0) is 9.09 Å². The first kappa shape index (κ1) is 18.2. The molecule has 148 valence electrons. The Balaban J connectivity index is 1.38. The van der Waals surface area contributed by atoms with Gasteiger partial charge in [-0.25, -0.2) is 4.57 Å². The first-order valence-electron chi connectivity index (χ1n) is 10.2. The van der Waals surface area contributed by atoms with Gasteiger partial charge in [-0.3, -0.25) is 4.52 Å². The fraction of sp³-hybridized carbons (Fsp3) is 0.455. The number of hydrazine groups is 1. The molecular weight excluding hydrogens is 371 g/mol. The number of hydrogen-bond acceptors (Lipinski definition) is 4. The molecule has 4 aliphatic carbocycles. The number of anilines is 1. The summed E-state index contributed by atoms with van der Waals surface area (Å²) in [6.07, 6.45) is 6.91. The molecule has 2 aromatic carbocycles. The Morgan fingerprint density at radius 3 is 1.93 bits per heavy atom. The summed E-state index contributed by atoms with van der Waals surface area (Å²) < 4.78 is 26.2. The average molecular weight is 398 g/mol. The van der Waals surface area contributed by atoms with Crippen molar-refractivity contribution in [3.05, 3.63) is 60.7 Å². The normalized spacial score (nSPS) is 32.6. The highest BCUT2D eigenvalue weighted by Crippen LogP contribution is 2.62. The quantitative estimate of drug-likeness (QED) is 0.458. The second-order valence-electron chi connectivity index (χ2n) is 8.70. The zero-order chi connectivity index (χ0) is 19.0. The van der Waals surface area contributed by atoms with Crippen LogP contribution < -0.4 is 15.1 Å². The van der Waals surface area contributed by atoms with E-state index in [4.69, 9.17) is 9.05 Å². The maximum atomic E-state index is 13.8. The summed E-state index contributed by atoms with van der Waals surface area (Å²) in [5.41, 5.74) is 3.51. The predicted molar refractivity (Wildman–Crippen MR) is 110 cm³/mol. The second kappa shape index (κ2) is 7.22. The third-order valence-electron chi connectivity index (χ3n) is 6.38. The van der Waals surface area contributed by atoms with Gasteiger partial charge in [-0.15, -0.1) is 5.20 Å². The molecule has 28 heavy (non-hydrogen) atoms. The molecule has 0 amide bonds. The third-order valence-corrected chi connectivity index (χ3v) is 7.84. The van der Waals surface area contributed by atoms with E-state index in [2.05, 4.69) is 10.6 Å². The van der Waals surface area contributed by atoms with Gasteiger partial charge in [0.25, 0.3) is 0 Å². The van der Waals surface area contributed by atoms with E-state index in [9.17, 15) is 4.57 Å². The van der Waals surface area contributed by atoms with Gasteiger partial charge < -0.3 is 9.95 Å². The molecule has 0 aliphatic heterocycles. The average Bonchev–Trinajstić information content (AvgIpc) is 2.66. The first-order valence-corrected chi connectivity index (χ1v) is 11.8. The van der Waals surface area contributed by atoms with Gasteiger partial charge in [-0.05, 0) is 80.5 Å². The van der Waals surface area contributed by atoms with Crippen LogP contribution in [0.4, 0.5) is 5.69 Å². The highest BCUT2D eigenvalue weighted by atomic mass is 31.2. The van der Waals surface area contributed by atoms with Gasteiger partial charge >= 0.3 is 7.75 Å². The smallest absolute Gasteiger partial charge is 0.412 e. The van der Waals surface area contributed by atoms with Crippen molar-refractivity contribution in [1.82, 2.24) is 5.20 Å². The van der Waals surface area contributed by atoms with Gasteiger partial charge in [0.1, 0.15) is 5.75 Å². The molecule has 4 aliphatic rings. The number of para-hydroxylation sites is 2. The molecule has 5 nitrogen and oxygen atoms in total. The molecule has 2 aromatic rings. The minimum atomic E-state index is -3.62. The number of nitrogens with one attached hydrogen (secondary N) is 2. The van der Waals surface area contributed by atoms with Crippen LogP contribution in [0.5, 0.6) is 5.75 Å². The molecule has 0 saturated heterocycles. The van der Waals surface area contributed by atoms with Crippen molar-refractivity contribution < 1.29 is 13.6 Å². The van der Waals surface area contributed by atoms with E-state index in [1.54, 1.807) is 12.1 Å². The SMILES string of the molecule is O=[P@](NNc1ccccc1)(Oc1ccccc1)OC12CC3CC(CC(C3)C1)C2. The number of rotatable bonds is 7. The number of hydrogen-bond donors (Lipinski definition) is 2. The summed E-state index contributed by atoms with van der Waals surface area (Å²) in [5, 5.41) is 2.90. The Labute approximate surface area is 166 Å². The fourth-order valence-corrected chi connectivity index (χ4v) is 7.26. The zero-order valence-electron chi connectivity index (χ0n) is 15.9. The molecular formula is C22H27N2O3P. The van der Waals surface area contributed by atoms with Gasteiger partial charge in [-0.1, -0.05) is 36.4 Å². The van der Waals surface area contributed by atoms with E-state index in [1.807, 2.05) is 48.5 Å². The van der Waals surface area contributed by atoms with E-state index in [1.165, 1.54) is 19.3 Å². The van der Waals surface area contributed by atoms with Gasteiger partial charge in [0, 0.05) is 5.69 Å². The van der Waals surface area contributed by atoms with Crippen molar-refractivity contribution >= 4 is 13.4 Å². The van der Waals surface area contributed by atoms with Crippen molar-refractivity contribution in [2.45, 2.75) is 44.1 Å². The van der Waals surface area contributed by atoms with Gasteiger partial charge in [0.15, 0.2) is 0 Å². The molecule has 0 spiro atoms. The Hall–Kier alpha value is -1.81. The van der Waals surface area contributed by atoms with Crippen LogP contribution in [-0.4, -0.2) is 5.60 Å². The largest absolute Gasteiger partial charge is 0.476 e. The third kappa shape index (κ3) is 3.84.